The van der Waals surface area contributed by atoms with Crippen molar-refractivity contribution < 1.29 is 10.0 Å². The van der Waals surface area contributed by atoms with Crippen molar-refractivity contribution in [2.24, 2.45) is 22.2 Å². The molecule has 0 bridgehead atoms. The summed E-state index contributed by atoms with van der Waals surface area (Å²) >= 11 is 0. The molecule has 0 aromatic rings. The molecule has 0 aliphatic heterocycles. The first-order valence-electron chi connectivity index (χ1n) is 6.87. The van der Waals surface area contributed by atoms with E-state index in [4.69, 9.17) is 10.9 Å². The molecule has 1 amide bonds. The van der Waals surface area contributed by atoms with Crippen LogP contribution in [-0.2, 0) is 4.79 Å². The van der Waals surface area contributed by atoms with Crippen LogP contribution in [0.3, 0.4) is 0 Å². The Hall–Kier alpha value is -1.26. The summed E-state index contributed by atoms with van der Waals surface area (Å²) in [6.07, 6.45) is 6.85. The van der Waals surface area contributed by atoms with Crippen molar-refractivity contribution >= 4 is 11.7 Å². The minimum Gasteiger partial charge on any atom is -0.409 e. The number of hydrogen-bond donors (Lipinski definition) is 3. The maximum absolute atomic E-state index is 12.3. The molecule has 0 radical (unpaired) electrons. The highest BCUT2D eigenvalue weighted by atomic mass is 16.4. The zero-order valence-corrected chi connectivity index (χ0v) is 11.0. The van der Waals surface area contributed by atoms with Crippen LogP contribution in [0, 0.1) is 11.3 Å². The molecule has 5 heteroatoms. The van der Waals surface area contributed by atoms with Crippen LogP contribution in [-0.4, -0.2) is 23.0 Å². The number of nitrogens with one attached hydrogen (secondary N) is 1. The van der Waals surface area contributed by atoms with E-state index >= 15 is 0 Å². The summed E-state index contributed by atoms with van der Waals surface area (Å²) in [5.74, 6) is 0.684. The molecule has 102 valence electrons. The summed E-state index contributed by atoms with van der Waals surface area (Å²) in [7, 11) is 0. The van der Waals surface area contributed by atoms with Gasteiger partial charge in [-0.25, -0.2) is 0 Å². The van der Waals surface area contributed by atoms with Crippen molar-refractivity contribution in [1.82, 2.24) is 5.32 Å². The van der Waals surface area contributed by atoms with Gasteiger partial charge in [0.2, 0.25) is 5.91 Å². The maximum atomic E-state index is 12.3. The number of amides is 1. The van der Waals surface area contributed by atoms with Crippen LogP contribution in [0.2, 0.25) is 0 Å². The van der Waals surface area contributed by atoms with Gasteiger partial charge in [-0.3, -0.25) is 4.79 Å². The smallest absolute Gasteiger partial charge is 0.234 e. The minimum absolute atomic E-state index is 0.0526. The number of hydrogen-bond acceptors (Lipinski definition) is 3. The fourth-order valence-corrected chi connectivity index (χ4v) is 3.11. The van der Waals surface area contributed by atoms with E-state index in [1.54, 1.807) is 0 Å². The van der Waals surface area contributed by atoms with Crippen LogP contribution in [0.1, 0.15) is 51.9 Å². The van der Waals surface area contributed by atoms with E-state index in [1.165, 1.54) is 12.8 Å². The Balaban J connectivity index is 1.98. The quantitative estimate of drug-likeness (QED) is 0.309. The largest absolute Gasteiger partial charge is 0.409 e. The van der Waals surface area contributed by atoms with Crippen LogP contribution in [0.15, 0.2) is 5.16 Å². The monoisotopic (exact) mass is 253 g/mol. The number of oxime groups is 1. The number of rotatable bonds is 3. The molecule has 2 aliphatic rings. The van der Waals surface area contributed by atoms with Crippen molar-refractivity contribution in [1.29, 1.82) is 0 Å². The first kappa shape index (κ1) is 13.2. The van der Waals surface area contributed by atoms with E-state index in [9.17, 15) is 4.79 Å². The summed E-state index contributed by atoms with van der Waals surface area (Å²) in [6.45, 7) is 2.22. The average Bonchev–Trinajstić information content (AvgIpc) is 2.27. The third-order valence-electron chi connectivity index (χ3n) is 4.51. The Bertz CT molecular complexity index is 350. The van der Waals surface area contributed by atoms with E-state index in [0.717, 1.165) is 19.3 Å². The number of carbonyl (C=O) groups excluding carboxylic acids is 1. The summed E-state index contributed by atoms with van der Waals surface area (Å²) in [4.78, 5) is 12.3. The SMILES string of the molecule is CC1CCCC(NC(=O)C2(C(N)=NO)CCC2)C1. The lowest BCUT2D eigenvalue weighted by atomic mass is 9.67. The number of nitrogens with zero attached hydrogens (tertiary/aromatic N) is 1. The molecular formula is C13H23N3O2. The zero-order chi connectivity index (χ0) is 13.2. The zero-order valence-electron chi connectivity index (χ0n) is 11.0. The Morgan fingerprint density at radius 3 is 2.61 bits per heavy atom. The second-order valence-electron chi connectivity index (χ2n) is 5.86. The second-order valence-corrected chi connectivity index (χ2v) is 5.86. The number of amidine groups is 1. The van der Waals surface area contributed by atoms with E-state index < -0.39 is 5.41 Å². The Labute approximate surface area is 108 Å². The van der Waals surface area contributed by atoms with Gasteiger partial charge in [0.05, 0.1) is 0 Å². The highest BCUT2D eigenvalue weighted by Crippen LogP contribution is 2.41. The number of nitrogens with two attached hydrogens (primary N) is 1. The van der Waals surface area contributed by atoms with E-state index in [-0.39, 0.29) is 17.8 Å². The average molecular weight is 253 g/mol. The molecule has 0 heterocycles. The lowest BCUT2D eigenvalue weighted by molar-refractivity contribution is -0.132. The molecule has 2 saturated carbocycles. The molecule has 2 fully saturated rings. The molecule has 5 nitrogen and oxygen atoms in total. The van der Waals surface area contributed by atoms with Crippen LogP contribution >= 0.6 is 0 Å². The molecular weight excluding hydrogens is 230 g/mol. The first-order valence-corrected chi connectivity index (χ1v) is 6.87. The topological polar surface area (TPSA) is 87.7 Å². The fraction of sp³-hybridized carbons (Fsp3) is 0.846. The predicted molar refractivity (Wildman–Crippen MR) is 69.3 cm³/mol. The lowest BCUT2D eigenvalue weighted by Gasteiger charge is -2.40. The molecule has 2 rings (SSSR count). The summed E-state index contributed by atoms with van der Waals surface area (Å²) in [6, 6.07) is 0.255. The molecule has 2 atom stereocenters. The lowest BCUT2D eigenvalue weighted by Crippen LogP contribution is -2.56. The van der Waals surface area contributed by atoms with Crippen LogP contribution in [0.4, 0.5) is 0 Å². The van der Waals surface area contributed by atoms with E-state index in [2.05, 4.69) is 17.4 Å². The van der Waals surface area contributed by atoms with Gasteiger partial charge in [-0.1, -0.05) is 31.3 Å². The van der Waals surface area contributed by atoms with Gasteiger partial charge in [-0.15, -0.1) is 0 Å². The van der Waals surface area contributed by atoms with Crippen LogP contribution in [0.25, 0.3) is 0 Å². The number of carbonyl (C=O) groups is 1. The van der Waals surface area contributed by atoms with Gasteiger partial charge in [-0.05, 0) is 31.6 Å². The van der Waals surface area contributed by atoms with Gasteiger partial charge in [0.15, 0.2) is 5.84 Å². The molecule has 2 unspecified atom stereocenters. The fourth-order valence-electron chi connectivity index (χ4n) is 3.11. The van der Waals surface area contributed by atoms with E-state index in [0.29, 0.717) is 18.8 Å². The molecule has 2 aliphatic carbocycles. The highest BCUT2D eigenvalue weighted by Gasteiger charge is 2.48. The summed E-state index contributed by atoms with van der Waals surface area (Å²) < 4.78 is 0. The van der Waals surface area contributed by atoms with Crippen molar-refractivity contribution in [2.45, 2.75) is 57.9 Å². The molecule has 0 aromatic heterocycles. The van der Waals surface area contributed by atoms with Gasteiger partial charge in [0.1, 0.15) is 5.41 Å². The van der Waals surface area contributed by atoms with Crippen LogP contribution in [0.5, 0.6) is 0 Å². The van der Waals surface area contributed by atoms with Gasteiger partial charge in [-0.2, -0.15) is 0 Å². The molecule has 4 N–H and O–H groups in total. The highest BCUT2D eigenvalue weighted by molar-refractivity contribution is 6.07. The maximum Gasteiger partial charge on any atom is 0.234 e. The van der Waals surface area contributed by atoms with Crippen molar-refractivity contribution in [2.75, 3.05) is 0 Å². The third kappa shape index (κ3) is 2.31. The third-order valence-corrected chi connectivity index (χ3v) is 4.51. The minimum atomic E-state index is -0.741. The van der Waals surface area contributed by atoms with Gasteiger partial charge in [0.25, 0.3) is 0 Å². The Kier molecular flexibility index (Phi) is 3.78. The van der Waals surface area contributed by atoms with Gasteiger partial charge < -0.3 is 16.3 Å². The standard InChI is InChI=1S/C13H23N3O2/c1-9-4-2-5-10(8-9)15-12(17)13(6-3-7-13)11(14)16-18/h9-10,18H,2-8H2,1H3,(H2,14,16)(H,15,17). The second kappa shape index (κ2) is 5.16. The summed E-state index contributed by atoms with van der Waals surface area (Å²) in [5, 5.41) is 15.0. The molecule has 0 spiro atoms. The predicted octanol–water partition coefficient (Wildman–Crippen LogP) is 1.60. The molecule has 18 heavy (non-hydrogen) atoms. The molecule has 0 saturated heterocycles. The normalized spacial score (nSPS) is 31.5. The van der Waals surface area contributed by atoms with Crippen molar-refractivity contribution in [3.8, 4) is 0 Å². The van der Waals surface area contributed by atoms with Gasteiger partial charge in [0, 0.05) is 6.04 Å². The summed E-state index contributed by atoms with van der Waals surface area (Å²) in [5.41, 5.74) is 4.95. The van der Waals surface area contributed by atoms with Crippen molar-refractivity contribution in [3.05, 3.63) is 0 Å². The Morgan fingerprint density at radius 1 is 1.39 bits per heavy atom. The van der Waals surface area contributed by atoms with E-state index in [1.807, 2.05) is 0 Å². The van der Waals surface area contributed by atoms with Gasteiger partial charge >= 0.3 is 0 Å². The van der Waals surface area contributed by atoms with Crippen LogP contribution < -0.4 is 11.1 Å². The van der Waals surface area contributed by atoms with Crippen molar-refractivity contribution in [3.63, 3.8) is 0 Å². The molecule has 0 aromatic carbocycles. The first-order chi connectivity index (χ1) is 8.58. The Morgan fingerprint density at radius 2 is 2.11 bits per heavy atom.